The summed E-state index contributed by atoms with van der Waals surface area (Å²) < 4.78 is 0. The first-order valence-corrected chi connectivity index (χ1v) is 9.52. The molecule has 0 bridgehead atoms. The van der Waals surface area contributed by atoms with Crippen LogP contribution in [-0.4, -0.2) is 49.0 Å². The summed E-state index contributed by atoms with van der Waals surface area (Å²) in [4.78, 5) is 20.6. The van der Waals surface area contributed by atoms with Gasteiger partial charge in [0, 0.05) is 53.5 Å². The number of anilines is 2. The van der Waals surface area contributed by atoms with Gasteiger partial charge in [-0.2, -0.15) is 0 Å². The standard InChI is InChI=1S/C21H23ClN4O/c1-14-18-13-15(22)3-8-19(18)24-20(14)21(27)23-16-4-6-17(7-5-16)26-11-9-25(2)10-12-26/h3-8,13,24H,9-12H2,1-2H3,(H,23,27). The molecule has 27 heavy (non-hydrogen) atoms. The Balaban J connectivity index is 1.49. The normalized spacial score (nSPS) is 15.3. The second-order valence-corrected chi connectivity index (χ2v) is 7.54. The van der Waals surface area contributed by atoms with Gasteiger partial charge in [-0.1, -0.05) is 11.6 Å². The van der Waals surface area contributed by atoms with Crippen LogP contribution < -0.4 is 10.2 Å². The van der Waals surface area contributed by atoms with Crippen LogP contribution in [-0.2, 0) is 0 Å². The maximum absolute atomic E-state index is 12.7. The SMILES string of the molecule is Cc1c(C(=O)Nc2ccc(N3CCN(C)CC3)cc2)[nH]c2ccc(Cl)cc12. The Morgan fingerprint density at radius 3 is 2.48 bits per heavy atom. The quantitative estimate of drug-likeness (QED) is 0.716. The van der Waals surface area contributed by atoms with Crippen LogP contribution in [0.15, 0.2) is 42.5 Å². The lowest BCUT2D eigenvalue weighted by molar-refractivity contribution is 0.102. The smallest absolute Gasteiger partial charge is 0.272 e. The summed E-state index contributed by atoms with van der Waals surface area (Å²) in [5, 5.41) is 4.62. The van der Waals surface area contributed by atoms with Crippen molar-refractivity contribution in [3.8, 4) is 0 Å². The van der Waals surface area contributed by atoms with E-state index in [4.69, 9.17) is 11.6 Å². The molecule has 2 N–H and O–H groups in total. The van der Waals surface area contributed by atoms with Gasteiger partial charge in [-0.3, -0.25) is 4.79 Å². The van der Waals surface area contributed by atoms with Gasteiger partial charge in [-0.15, -0.1) is 0 Å². The van der Waals surface area contributed by atoms with Crippen molar-refractivity contribution < 1.29 is 4.79 Å². The summed E-state index contributed by atoms with van der Waals surface area (Å²) in [7, 11) is 2.15. The van der Waals surface area contributed by atoms with Gasteiger partial charge in [0.25, 0.3) is 5.91 Å². The maximum Gasteiger partial charge on any atom is 0.272 e. The number of aromatic amines is 1. The Morgan fingerprint density at radius 1 is 1.07 bits per heavy atom. The second-order valence-electron chi connectivity index (χ2n) is 7.11. The third-order valence-electron chi connectivity index (χ3n) is 5.24. The molecule has 1 aliphatic heterocycles. The van der Waals surface area contributed by atoms with Crippen LogP contribution in [0.2, 0.25) is 5.02 Å². The van der Waals surface area contributed by atoms with Crippen molar-refractivity contribution in [1.82, 2.24) is 9.88 Å². The van der Waals surface area contributed by atoms with Gasteiger partial charge in [0.2, 0.25) is 0 Å². The van der Waals surface area contributed by atoms with Crippen molar-refractivity contribution in [2.75, 3.05) is 43.4 Å². The number of H-pyrrole nitrogens is 1. The summed E-state index contributed by atoms with van der Waals surface area (Å²) in [5.74, 6) is -0.146. The molecule has 2 heterocycles. The van der Waals surface area contributed by atoms with Crippen LogP contribution in [0, 0.1) is 6.92 Å². The Labute approximate surface area is 163 Å². The zero-order chi connectivity index (χ0) is 19.0. The van der Waals surface area contributed by atoms with Crippen molar-refractivity contribution >= 4 is 39.8 Å². The fourth-order valence-corrected chi connectivity index (χ4v) is 3.71. The number of benzene rings is 2. The largest absolute Gasteiger partial charge is 0.369 e. The van der Waals surface area contributed by atoms with E-state index in [9.17, 15) is 4.79 Å². The molecular formula is C21H23ClN4O. The number of amides is 1. The number of aryl methyl sites for hydroxylation is 1. The number of carbonyl (C=O) groups excluding carboxylic acids is 1. The summed E-state index contributed by atoms with van der Waals surface area (Å²) in [5.41, 5.74) is 4.36. The number of rotatable bonds is 3. The third-order valence-corrected chi connectivity index (χ3v) is 5.48. The molecule has 1 aliphatic rings. The van der Waals surface area contributed by atoms with Crippen LogP contribution in [0.3, 0.4) is 0 Å². The van der Waals surface area contributed by atoms with E-state index in [1.807, 2.05) is 37.3 Å². The number of nitrogens with one attached hydrogen (secondary N) is 2. The van der Waals surface area contributed by atoms with Crippen LogP contribution in [0.4, 0.5) is 11.4 Å². The van der Waals surface area contributed by atoms with E-state index < -0.39 is 0 Å². The first-order chi connectivity index (χ1) is 13.0. The van der Waals surface area contributed by atoms with Crippen LogP contribution in [0.25, 0.3) is 10.9 Å². The molecule has 1 saturated heterocycles. The summed E-state index contributed by atoms with van der Waals surface area (Å²) >= 11 is 6.08. The highest BCUT2D eigenvalue weighted by Gasteiger charge is 2.16. The lowest BCUT2D eigenvalue weighted by Gasteiger charge is -2.34. The molecule has 1 amide bonds. The predicted molar refractivity (Wildman–Crippen MR) is 112 cm³/mol. The first-order valence-electron chi connectivity index (χ1n) is 9.14. The molecule has 140 valence electrons. The maximum atomic E-state index is 12.7. The van der Waals surface area contributed by atoms with Crippen molar-refractivity contribution in [2.45, 2.75) is 6.92 Å². The molecule has 0 aliphatic carbocycles. The topological polar surface area (TPSA) is 51.4 Å². The molecule has 0 atom stereocenters. The van der Waals surface area contributed by atoms with Crippen molar-refractivity contribution in [3.05, 3.63) is 58.7 Å². The first kappa shape index (κ1) is 17.9. The van der Waals surface area contributed by atoms with E-state index in [0.29, 0.717) is 10.7 Å². The zero-order valence-corrected chi connectivity index (χ0v) is 16.3. The van der Waals surface area contributed by atoms with Crippen molar-refractivity contribution in [1.29, 1.82) is 0 Å². The number of halogens is 1. The minimum absolute atomic E-state index is 0.146. The van der Waals surface area contributed by atoms with Crippen molar-refractivity contribution in [2.24, 2.45) is 0 Å². The average molecular weight is 383 g/mol. The van der Waals surface area contributed by atoms with Crippen LogP contribution in [0.1, 0.15) is 16.1 Å². The molecular weight excluding hydrogens is 360 g/mol. The molecule has 6 heteroatoms. The minimum atomic E-state index is -0.146. The summed E-state index contributed by atoms with van der Waals surface area (Å²) in [6.07, 6.45) is 0. The molecule has 1 aromatic heterocycles. The molecule has 5 nitrogen and oxygen atoms in total. The fraction of sp³-hybridized carbons (Fsp3) is 0.286. The Bertz CT molecular complexity index is 972. The monoisotopic (exact) mass is 382 g/mol. The number of nitrogens with zero attached hydrogens (tertiary/aromatic N) is 2. The van der Waals surface area contributed by atoms with Crippen molar-refractivity contribution in [3.63, 3.8) is 0 Å². The Hall–Kier alpha value is -2.50. The number of piperazine rings is 1. The van der Waals surface area contributed by atoms with Gasteiger partial charge in [0.1, 0.15) is 5.69 Å². The lowest BCUT2D eigenvalue weighted by Crippen LogP contribution is -2.44. The number of carbonyl (C=O) groups is 1. The number of aromatic nitrogens is 1. The molecule has 0 spiro atoms. The van der Waals surface area contributed by atoms with Gasteiger partial charge >= 0.3 is 0 Å². The average Bonchev–Trinajstić information content (AvgIpc) is 2.99. The molecule has 3 aromatic rings. The molecule has 0 saturated carbocycles. The van der Waals surface area contributed by atoms with Gasteiger partial charge in [0.05, 0.1) is 0 Å². The van der Waals surface area contributed by atoms with Crippen LogP contribution >= 0.6 is 11.6 Å². The number of hydrogen-bond donors (Lipinski definition) is 2. The third kappa shape index (κ3) is 3.66. The van der Waals surface area contributed by atoms with E-state index in [1.54, 1.807) is 0 Å². The van der Waals surface area contributed by atoms with Gasteiger partial charge in [-0.05, 0) is 62.0 Å². The highest BCUT2D eigenvalue weighted by molar-refractivity contribution is 6.31. The Morgan fingerprint density at radius 2 is 1.78 bits per heavy atom. The van der Waals surface area contributed by atoms with Gasteiger partial charge in [-0.25, -0.2) is 0 Å². The number of likely N-dealkylation sites (N-methyl/N-ethyl adjacent to an activating group) is 1. The molecule has 0 unspecified atom stereocenters. The predicted octanol–water partition coefficient (Wildman–Crippen LogP) is 4.13. The number of fused-ring (bicyclic) bond motifs is 1. The lowest BCUT2D eigenvalue weighted by atomic mass is 10.1. The molecule has 4 rings (SSSR count). The van der Waals surface area contributed by atoms with E-state index in [-0.39, 0.29) is 5.91 Å². The van der Waals surface area contributed by atoms with E-state index in [0.717, 1.165) is 48.3 Å². The van der Waals surface area contributed by atoms with Crippen LogP contribution in [0.5, 0.6) is 0 Å². The highest BCUT2D eigenvalue weighted by atomic mass is 35.5. The summed E-state index contributed by atoms with van der Waals surface area (Å²) in [6, 6.07) is 13.6. The van der Waals surface area contributed by atoms with E-state index in [2.05, 4.69) is 39.3 Å². The van der Waals surface area contributed by atoms with Gasteiger partial charge < -0.3 is 20.1 Å². The molecule has 0 radical (unpaired) electrons. The fourth-order valence-electron chi connectivity index (χ4n) is 3.54. The van der Waals surface area contributed by atoms with E-state index >= 15 is 0 Å². The molecule has 1 fully saturated rings. The van der Waals surface area contributed by atoms with E-state index in [1.165, 1.54) is 5.69 Å². The van der Waals surface area contributed by atoms with Gasteiger partial charge in [0.15, 0.2) is 0 Å². The second kappa shape index (κ2) is 7.25. The summed E-state index contributed by atoms with van der Waals surface area (Å²) in [6.45, 7) is 6.13. The zero-order valence-electron chi connectivity index (χ0n) is 15.6. The Kier molecular flexibility index (Phi) is 4.81. The molecule has 2 aromatic carbocycles. The minimum Gasteiger partial charge on any atom is -0.369 e. The highest BCUT2D eigenvalue weighted by Crippen LogP contribution is 2.26. The number of hydrogen-bond acceptors (Lipinski definition) is 3.